The van der Waals surface area contributed by atoms with Gasteiger partial charge < -0.3 is 9.80 Å². The van der Waals surface area contributed by atoms with E-state index in [2.05, 4.69) is 0 Å². The lowest BCUT2D eigenvalue weighted by molar-refractivity contribution is -0.149. The molecule has 116 valence electrons. The van der Waals surface area contributed by atoms with Crippen LogP contribution in [0.3, 0.4) is 0 Å². The molecule has 0 atom stereocenters. The van der Waals surface area contributed by atoms with Crippen molar-refractivity contribution in [2.45, 2.75) is 32.2 Å². The van der Waals surface area contributed by atoms with Gasteiger partial charge in [0, 0.05) is 18.8 Å². The maximum atomic E-state index is 13.1. The molecule has 0 bridgehead atoms. The van der Waals surface area contributed by atoms with Crippen molar-refractivity contribution in [2.75, 3.05) is 18.0 Å². The van der Waals surface area contributed by atoms with E-state index in [1.807, 2.05) is 0 Å². The van der Waals surface area contributed by atoms with Crippen LogP contribution >= 0.6 is 0 Å². The number of anilines is 1. The topological polar surface area (TPSA) is 40.6 Å². The predicted octanol–water partition coefficient (Wildman–Crippen LogP) is 2.19. The first-order chi connectivity index (χ1) is 10.4. The number of benzene rings is 1. The third-order valence-electron chi connectivity index (χ3n) is 5.48. The molecule has 0 N–H and O–H groups in total. The molecule has 1 aromatic rings. The van der Waals surface area contributed by atoms with Crippen LogP contribution in [-0.4, -0.2) is 35.3 Å². The summed E-state index contributed by atoms with van der Waals surface area (Å²) < 4.78 is 13.1. The first kappa shape index (κ1) is 13.7. The van der Waals surface area contributed by atoms with Gasteiger partial charge in [0.25, 0.3) is 5.91 Å². The Hall–Kier alpha value is -1.91. The molecule has 0 unspecified atom stereocenters. The average Bonchev–Trinajstić information content (AvgIpc) is 3.32. The van der Waals surface area contributed by atoms with Crippen LogP contribution in [-0.2, 0) is 9.59 Å². The summed E-state index contributed by atoms with van der Waals surface area (Å²) in [5.74, 6) is 0.292. The second-order valence-corrected chi connectivity index (χ2v) is 7.21. The van der Waals surface area contributed by atoms with E-state index < -0.39 is 5.54 Å². The van der Waals surface area contributed by atoms with Gasteiger partial charge in [-0.15, -0.1) is 0 Å². The quantitative estimate of drug-likeness (QED) is 0.840. The molecular formula is C17H19FN2O2. The number of hydrogen-bond donors (Lipinski definition) is 0. The molecule has 0 radical (unpaired) electrons. The van der Waals surface area contributed by atoms with Crippen LogP contribution in [0.1, 0.15) is 26.7 Å². The minimum atomic E-state index is -0.853. The van der Waals surface area contributed by atoms with Gasteiger partial charge in [0.15, 0.2) is 0 Å². The highest BCUT2D eigenvalue weighted by atomic mass is 19.1. The monoisotopic (exact) mass is 302 g/mol. The fourth-order valence-electron chi connectivity index (χ4n) is 3.57. The molecule has 2 aliphatic carbocycles. The van der Waals surface area contributed by atoms with E-state index in [1.54, 1.807) is 35.8 Å². The van der Waals surface area contributed by atoms with Crippen LogP contribution in [0.2, 0.25) is 0 Å². The van der Waals surface area contributed by atoms with E-state index in [1.165, 1.54) is 12.1 Å². The van der Waals surface area contributed by atoms with Gasteiger partial charge in [-0.05, 0) is 56.9 Å². The number of fused-ring (bicyclic) bond motifs is 1. The van der Waals surface area contributed by atoms with E-state index in [0.717, 1.165) is 12.8 Å². The van der Waals surface area contributed by atoms with Crippen molar-refractivity contribution < 1.29 is 14.0 Å². The molecule has 0 aromatic heterocycles. The Morgan fingerprint density at radius 3 is 2.32 bits per heavy atom. The number of nitrogens with zero attached hydrogens (tertiary/aromatic N) is 2. The number of amides is 2. The van der Waals surface area contributed by atoms with Crippen LogP contribution in [0.25, 0.3) is 0 Å². The molecule has 3 fully saturated rings. The summed E-state index contributed by atoms with van der Waals surface area (Å²) in [6.45, 7) is 4.60. The van der Waals surface area contributed by atoms with E-state index in [0.29, 0.717) is 24.7 Å². The fourth-order valence-corrected chi connectivity index (χ4v) is 3.57. The Bertz CT molecular complexity index is 662. The molecule has 0 spiro atoms. The zero-order valence-corrected chi connectivity index (χ0v) is 12.8. The number of carbonyl (C=O) groups is 2. The van der Waals surface area contributed by atoms with Crippen molar-refractivity contribution in [1.82, 2.24) is 4.90 Å². The van der Waals surface area contributed by atoms with Crippen molar-refractivity contribution in [3.05, 3.63) is 30.1 Å². The van der Waals surface area contributed by atoms with Crippen LogP contribution in [0.5, 0.6) is 0 Å². The summed E-state index contributed by atoms with van der Waals surface area (Å²) in [5, 5.41) is 0. The van der Waals surface area contributed by atoms with Crippen molar-refractivity contribution in [3.63, 3.8) is 0 Å². The first-order valence-electron chi connectivity index (χ1n) is 7.76. The third-order valence-corrected chi connectivity index (χ3v) is 5.48. The molecule has 22 heavy (non-hydrogen) atoms. The van der Waals surface area contributed by atoms with Crippen LogP contribution in [0.4, 0.5) is 10.1 Å². The van der Waals surface area contributed by atoms with E-state index in [-0.39, 0.29) is 23.0 Å². The SMILES string of the molecule is CC1(C)C(=O)N(c2ccc(F)cc2)CCN1C(=O)C12CC1C2. The molecule has 1 aromatic carbocycles. The lowest BCUT2D eigenvalue weighted by Crippen LogP contribution is -2.65. The minimum absolute atomic E-state index is 0.104. The highest BCUT2D eigenvalue weighted by Gasteiger charge is 2.76. The van der Waals surface area contributed by atoms with Gasteiger partial charge in [0.1, 0.15) is 11.4 Å². The van der Waals surface area contributed by atoms with Crippen LogP contribution in [0.15, 0.2) is 24.3 Å². The average molecular weight is 302 g/mol. The van der Waals surface area contributed by atoms with E-state index in [4.69, 9.17) is 0 Å². The van der Waals surface area contributed by atoms with Crippen molar-refractivity contribution in [1.29, 1.82) is 0 Å². The molecule has 1 saturated heterocycles. The molecule has 3 aliphatic rings. The van der Waals surface area contributed by atoms with Crippen LogP contribution in [0, 0.1) is 17.2 Å². The van der Waals surface area contributed by atoms with Gasteiger partial charge in [0.2, 0.25) is 5.91 Å². The maximum Gasteiger partial charge on any atom is 0.252 e. The molecular weight excluding hydrogens is 283 g/mol. The zero-order chi connectivity index (χ0) is 15.7. The number of carbonyl (C=O) groups excluding carboxylic acids is 2. The van der Waals surface area contributed by atoms with Gasteiger partial charge in [-0.25, -0.2) is 4.39 Å². The molecule has 2 saturated carbocycles. The lowest BCUT2D eigenvalue weighted by Gasteiger charge is -2.46. The second kappa shape index (κ2) is 4.09. The van der Waals surface area contributed by atoms with Gasteiger partial charge in [-0.2, -0.15) is 0 Å². The zero-order valence-electron chi connectivity index (χ0n) is 12.8. The standard InChI is InChI=1S/C17H19FN2O2/c1-16(2)14(21)19(13-5-3-12(18)4-6-13)7-8-20(16)15(22)17-9-11(17)10-17/h3-6,11H,7-10H2,1-2H3. The maximum absolute atomic E-state index is 13.1. The largest absolute Gasteiger partial charge is 0.326 e. The molecule has 2 amide bonds. The highest BCUT2D eigenvalue weighted by molar-refractivity contribution is 6.04. The molecule has 4 rings (SSSR count). The Morgan fingerprint density at radius 1 is 1.18 bits per heavy atom. The molecule has 1 heterocycles. The van der Waals surface area contributed by atoms with Crippen molar-refractivity contribution >= 4 is 17.5 Å². The Morgan fingerprint density at radius 2 is 1.77 bits per heavy atom. The van der Waals surface area contributed by atoms with Gasteiger partial charge in [-0.1, -0.05) is 0 Å². The smallest absolute Gasteiger partial charge is 0.252 e. The Labute approximate surface area is 128 Å². The van der Waals surface area contributed by atoms with Crippen LogP contribution < -0.4 is 4.90 Å². The third kappa shape index (κ3) is 1.74. The van der Waals surface area contributed by atoms with Crippen molar-refractivity contribution in [2.24, 2.45) is 11.3 Å². The van der Waals surface area contributed by atoms with Gasteiger partial charge in [0.05, 0.1) is 5.41 Å². The number of rotatable bonds is 2. The predicted molar refractivity (Wildman–Crippen MR) is 79.7 cm³/mol. The van der Waals surface area contributed by atoms with Gasteiger partial charge in [-0.3, -0.25) is 9.59 Å². The summed E-state index contributed by atoms with van der Waals surface area (Å²) >= 11 is 0. The first-order valence-corrected chi connectivity index (χ1v) is 7.76. The Kier molecular flexibility index (Phi) is 2.55. The summed E-state index contributed by atoms with van der Waals surface area (Å²) in [4.78, 5) is 28.9. The fraction of sp³-hybridized carbons (Fsp3) is 0.529. The summed E-state index contributed by atoms with van der Waals surface area (Å²) in [6, 6.07) is 5.92. The highest BCUT2D eigenvalue weighted by Crippen LogP contribution is 2.76. The number of hydrogen-bond acceptors (Lipinski definition) is 2. The normalized spacial score (nSPS) is 31.8. The second-order valence-electron chi connectivity index (χ2n) is 7.21. The van der Waals surface area contributed by atoms with E-state index in [9.17, 15) is 14.0 Å². The van der Waals surface area contributed by atoms with Crippen molar-refractivity contribution in [3.8, 4) is 0 Å². The molecule has 1 aliphatic heterocycles. The van der Waals surface area contributed by atoms with E-state index >= 15 is 0 Å². The summed E-state index contributed by atoms with van der Waals surface area (Å²) in [5.41, 5.74) is -0.287. The number of piperazine rings is 1. The number of halogens is 1. The molecule has 4 nitrogen and oxygen atoms in total. The summed E-state index contributed by atoms with van der Waals surface area (Å²) in [7, 11) is 0. The summed E-state index contributed by atoms with van der Waals surface area (Å²) in [6.07, 6.45) is 1.99. The lowest BCUT2D eigenvalue weighted by atomic mass is 9.95. The Balaban J connectivity index is 1.59. The van der Waals surface area contributed by atoms with Gasteiger partial charge >= 0.3 is 0 Å². The minimum Gasteiger partial charge on any atom is -0.326 e. The molecule has 5 heteroatoms.